The van der Waals surface area contributed by atoms with Gasteiger partial charge in [0.2, 0.25) is 5.91 Å². The molecule has 0 radical (unpaired) electrons. The molecule has 0 atom stereocenters. The van der Waals surface area contributed by atoms with E-state index in [2.05, 4.69) is 26.2 Å². The minimum atomic E-state index is -0.374. The monoisotopic (exact) mass is 319 g/mol. The first-order chi connectivity index (χ1) is 9.13. The highest BCUT2D eigenvalue weighted by Crippen LogP contribution is 2.24. The molecule has 19 heavy (non-hydrogen) atoms. The molecular weight excluding hydrogens is 310 g/mol. The summed E-state index contributed by atoms with van der Waals surface area (Å²) in [6.45, 7) is 0.403. The summed E-state index contributed by atoms with van der Waals surface area (Å²) < 4.78 is 0.772. The Morgan fingerprint density at radius 3 is 2.84 bits per heavy atom. The molecule has 0 saturated carbocycles. The first-order valence-corrected chi connectivity index (χ1v) is 6.59. The van der Waals surface area contributed by atoms with Gasteiger partial charge in [-0.2, -0.15) is 0 Å². The Labute approximate surface area is 117 Å². The van der Waals surface area contributed by atoms with Gasteiger partial charge < -0.3 is 0 Å². The second-order valence-corrected chi connectivity index (χ2v) is 5.11. The Morgan fingerprint density at radius 1 is 1.21 bits per heavy atom. The van der Waals surface area contributed by atoms with Crippen LogP contribution in [0, 0.1) is 0 Å². The van der Waals surface area contributed by atoms with Crippen LogP contribution in [0.3, 0.4) is 0 Å². The van der Waals surface area contributed by atoms with Gasteiger partial charge >= 0.3 is 6.03 Å². The fourth-order valence-electron chi connectivity index (χ4n) is 2.08. The maximum atomic E-state index is 11.8. The van der Waals surface area contributed by atoms with E-state index in [0.29, 0.717) is 13.0 Å². The fraction of sp³-hybridized carbons (Fsp3) is 0.154. The Bertz CT molecular complexity index is 687. The molecule has 0 spiro atoms. The van der Waals surface area contributed by atoms with E-state index in [0.717, 1.165) is 21.1 Å². The van der Waals surface area contributed by atoms with Crippen LogP contribution in [0.5, 0.6) is 0 Å². The van der Waals surface area contributed by atoms with Crippen molar-refractivity contribution in [3.63, 3.8) is 0 Å². The molecule has 1 fully saturated rings. The van der Waals surface area contributed by atoms with E-state index in [1.165, 1.54) is 0 Å². The number of hydrogen-bond acceptors (Lipinski definition) is 3. The third-order valence-corrected chi connectivity index (χ3v) is 3.47. The SMILES string of the molecule is O=C1CCN(c2ccc3cc(Br)ncc3c2)C(=O)N1. The van der Waals surface area contributed by atoms with Crippen LogP contribution >= 0.6 is 15.9 Å². The molecule has 1 saturated heterocycles. The van der Waals surface area contributed by atoms with Crippen LogP contribution in [0.15, 0.2) is 35.1 Å². The fourth-order valence-corrected chi connectivity index (χ4v) is 2.43. The van der Waals surface area contributed by atoms with Gasteiger partial charge in [0.15, 0.2) is 0 Å². The number of rotatable bonds is 1. The summed E-state index contributed by atoms with van der Waals surface area (Å²) >= 11 is 3.32. The Balaban J connectivity index is 1.99. The van der Waals surface area contributed by atoms with Gasteiger partial charge in [0.25, 0.3) is 0 Å². The molecule has 1 aliphatic rings. The van der Waals surface area contributed by atoms with Crippen molar-refractivity contribution in [3.05, 3.63) is 35.1 Å². The van der Waals surface area contributed by atoms with Gasteiger partial charge in [0.1, 0.15) is 4.60 Å². The number of pyridine rings is 1. The molecule has 1 aromatic heterocycles. The minimum absolute atomic E-state index is 0.229. The summed E-state index contributed by atoms with van der Waals surface area (Å²) in [7, 11) is 0. The number of nitrogens with zero attached hydrogens (tertiary/aromatic N) is 2. The summed E-state index contributed by atoms with van der Waals surface area (Å²) in [5, 5.41) is 4.30. The average molecular weight is 320 g/mol. The number of anilines is 1. The Morgan fingerprint density at radius 2 is 2.05 bits per heavy atom. The van der Waals surface area contributed by atoms with Gasteiger partial charge in [-0.25, -0.2) is 9.78 Å². The standard InChI is InChI=1S/C13H10BrN3O2/c14-11-6-8-1-2-10(5-9(8)7-15-11)17-4-3-12(18)16-13(17)19/h1-2,5-7H,3-4H2,(H,16,18,19). The molecule has 1 aromatic carbocycles. The Hall–Kier alpha value is -1.95. The third kappa shape index (κ3) is 2.31. The zero-order chi connectivity index (χ0) is 13.4. The van der Waals surface area contributed by atoms with Gasteiger partial charge in [-0.05, 0) is 39.5 Å². The molecule has 0 aliphatic carbocycles. The van der Waals surface area contributed by atoms with E-state index in [9.17, 15) is 9.59 Å². The predicted molar refractivity (Wildman–Crippen MR) is 74.9 cm³/mol. The molecule has 3 amide bonds. The maximum absolute atomic E-state index is 11.8. The van der Waals surface area contributed by atoms with Crippen molar-refractivity contribution in [2.45, 2.75) is 6.42 Å². The van der Waals surface area contributed by atoms with Crippen molar-refractivity contribution in [1.29, 1.82) is 0 Å². The highest BCUT2D eigenvalue weighted by molar-refractivity contribution is 9.10. The number of fused-ring (bicyclic) bond motifs is 1. The van der Waals surface area contributed by atoms with Gasteiger partial charge in [-0.15, -0.1) is 0 Å². The quantitative estimate of drug-likeness (QED) is 0.821. The van der Waals surface area contributed by atoms with Gasteiger partial charge in [0.05, 0.1) is 0 Å². The van der Waals surface area contributed by atoms with E-state index in [1.54, 1.807) is 11.1 Å². The first kappa shape index (κ1) is 12.1. The van der Waals surface area contributed by atoms with Crippen molar-refractivity contribution >= 4 is 44.3 Å². The molecule has 1 aliphatic heterocycles. The average Bonchev–Trinajstić information content (AvgIpc) is 2.38. The summed E-state index contributed by atoms with van der Waals surface area (Å²) in [5.41, 5.74) is 0.765. The van der Waals surface area contributed by atoms with E-state index in [4.69, 9.17) is 0 Å². The van der Waals surface area contributed by atoms with E-state index >= 15 is 0 Å². The summed E-state index contributed by atoms with van der Waals surface area (Å²) in [5.74, 6) is -0.229. The number of aromatic nitrogens is 1. The van der Waals surface area contributed by atoms with Crippen LogP contribution in [0.25, 0.3) is 10.8 Å². The lowest BCUT2D eigenvalue weighted by atomic mass is 10.1. The minimum Gasteiger partial charge on any atom is -0.294 e. The van der Waals surface area contributed by atoms with Gasteiger partial charge in [-0.1, -0.05) is 6.07 Å². The third-order valence-electron chi connectivity index (χ3n) is 3.04. The molecular formula is C13H10BrN3O2. The van der Waals surface area contributed by atoms with Crippen LogP contribution in [0.1, 0.15) is 6.42 Å². The lowest BCUT2D eigenvalue weighted by Gasteiger charge is -2.26. The number of amides is 3. The molecule has 3 rings (SSSR count). The summed E-state index contributed by atoms with van der Waals surface area (Å²) in [4.78, 5) is 28.6. The van der Waals surface area contributed by atoms with E-state index in [1.807, 2.05) is 24.3 Å². The second-order valence-electron chi connectivity index (χ2n) is 4.29. The summed E-state index contributed by atoms with van der Waals surface area (Å²) in [6, 6.07) is 7.23. The number of halogens is 1. The molecule has 0 unspecified atom stereocenters. The highest BCUT2D eigenvalue weighted by Gasteiger charge is 2.24. The number of benzene rings is 1. The zero-order valence-electron chi connectivity index (χ0n) is 9.89. The van der Waals surface area contributed by atoms with Crippen molar-refractivity contribution in [3.8, 4) is 0 Å². The number of imide groups is 1. The van der Waals surface area contributed by atoms with Crippen molar-refractivity contribution < 1.29 is 9.59 Å². The Kier molecular flexibility index (Phi) is 2.94. The van der Waals surface area contributed by atoms with Crippen LogP contribution in [0.4, 0.5) is 10.5 Å². The number of carbonyl (C=O) groups excluding carboxylic acids is 2. The highest BCUT2D eigenvalue weighted by atomic mass is 79.9. The smallest absolute Gasteiger partial charge is 0.294 e. The number of urea groups is 1. The lowest BCUT2D eigenvalue weighted by Crippen LogP contribution is -2.49. The molecule has 0 bridgehead atoms. The van der Waals surface area contributed by atoms with Gasteiger partial charge in [-0.3, -0.25) is 15.0 Å². The van der Waals surface area contributed by atoms with Crippen molar-refractivity contribution in [2.24, 2.45) is 0 Å². The molecule has 2 aromatic rings. The molecule has 1 N–H and O–H groups in total. The van der Waals surface area contributed by atoms with Crippen LogP contribution < -0.4 is 10.2 Å². The van der Waals surface area contributed by atoms with E-state index < -0.39 is 0 Å². The second kappa shape index (κ2) is 4.62. The number of carbonyl (C=O) groups is 2. The molecule has 96 valence electrons. The molecule has 2 heterocycles. The van der Waals surface area contributed by atoms with E-state index in [-0.39, 0.29) is 11.9 Å². The van der Waals surface area contributed by atoms with Crippen LogP contribution in [0.2, 0.25) is 0 Å². The summed E-state index contributed by atoms with van der Waals surface area (Å²) in [6.07, 6.45) is 2.07. The largest absolute Gasteiger partial charge is 0.328 e. The van der Waals surface area contributed by atoms with Crippen molar-refractivity contribution in [2.75, 3.05) is 11.4 Å². The molecule has 5 nitrogen and oxygen atoms in total. The number of hydrogen-bond donors (Lipinski definition) is 1. The lowest BCUT2D eigenvalue weighted by molar-refractivity contribution is -0.120. The zero-order valence-corrected chi connectivity index (χ0v) is 11.5. The first-order valence-electron chi connectivity index (χ1n) is 5.80. The number of nitrogens with one attached hydrogen (secondary N) is 1. The van der Waals surface area contributed by atoms with Gasteiger partial charge in [0, 0.05) is 30.2 Å². The maximum Gasteiger partial charge on any atom is 0.328 e. The van der Waals surface area contributed by atoms with Crippen LogP contribution in [-0.2, 0) is 4.79 Å². The predicted octanol–water partition coefficient (Wildman–Crippen LogP) is 2.44. The van der Waals surface area contributed by atoms with Crippen LogP contribution in [-0.4, -0.2) is 23.5 Å². The topological polar surface area (TPSA) is 62.3 Å². The normalized spacial score (nSPS) is 15.7. The molecule has 6 heteroatoms. The van der Waals surface area contributed by atoms with Crippen molar-refractivity contribution in [1.82, 2.24) is 10.3 Å².